The molecule has 3 aromatic rings. The second-order valence-corrected chi connectivity index (χ2v) is 4.93. The summed E-state index contributed by atoms with van der Waals surface area (Å²) in [7, 11) is 1.64. The molecular weight excluding hydrogens is 274 g/mol. The topological polar surface area (TPSA) is 85.1 Å². The number of hydrazine groups is 1. The van der Waals surface area contributed by atoms with Gasteiger partial charge in [-0.3, -0.25) is 5.43 Å². The molecule has 0 aliphatic heterocycles. The van der Waals surface area contributed by atoms with E-state index >= 15 is 0 Å². The molecule has 0 radical (unpaired) electrons. The third-order valence-electron chi connectivity index (χ3n) is 2.81. The van der Waals surface area contributed by atoms with E-state index in [0.717, 1.165) is 27.5 Å². The molecule has 0 unspecified atom stereocenters. The molecule has 0 bridgehead atoms. The maximum atomic E-state index is 5.40. The Morgan fingerprint density at radius 1 is 1.15 bits per heavy atom. The molecule has 4 N–H and O–H groups in total. The van der Waals surface area contributed by atoms with Crippen molar-refractivity contribution in [2.24, 2.45) is 5.84 Å². The van der Waals surface area contributed by atoms with E-state index in [1.54, 1.807) is 18.4 Å². The number of ether oxygens (including phenoxy) is 1. The highest BCUT2D eigenvalue weighted by Crippen LogP contribution is 2.29. The monoisotopic (exact) mass is 287 g/mol. The van der Waals surface area contributed by atoms with Crippen LogP contribution in [0.25, 0.3) is 10.2 Å². The van der Waals surface area contributed by atoms with Crippen molar-refractivity contribution in [1.29, 1.82) is 0 Å². The Hall–Kier alpha value is -2.38. The summed E-state index contributed by atoms with van der Waals surface area (Å²) < 4.78 is 5.14. The van der Waals surface area contributed by atoms with Gasteiger partial charge in [-0.05, 0) is 35.7 Å². The van der Waals surface area contributed by atoms with Crippen molar-refractivity contribution >= 4 is 39.0 Å². The van der Waals surface area contributed by atoms with Crippen molar-refractivity contribution in [2.75, 3.05) is 17.9 Å². The van der Waals surface area contributed by atoms with Crippen LogP contribution < -0.4 is 21.3 Å². The van der Waals surface area contributed by atoms with E-state index in [2.05, 4.69) is 20.7 Å². The fourth-order valence-electron chi connectivity index (χ4n) is 1.83. The molecule has 0 fully saturated rings. The van der Waals surface area contributed by atoms with Gasteiger partial charge >= 0.3 is 0 Å². The number of anilines is 3. The summed E-state index contributed by atoms with van der Waals surface area (Å²) in [4.78, 5) is 9.52. The third-order valence-corrected chi connectivity index (χ3v) is 3.61. The van der Waals surface area contributed by atoms with Gasteiger partial charge in [-0.15, -0.1) is 11.3 Å². The zero-order valence-corrected chi connectivity index (χ0v) is 11.6. The molecule has 0 atom stereocenters. The van der Waals surface area contributed by atoms with Gasteiger partial charge in [-0.25, -0.2) is 10.8 Å². The summed E-state index contributed by atoms with van der Waals surface area (Å²) in [6.45, 7) is 0. The highest BCUT2D eigenvalue weighted by molar-refractivity contribution is 7.16. The lowest BCUT2D eigenvalue weighted by molar-refractivity contribution is 0.415. The van der Waals surface area contributed by atoms with Crippen LogP contribution in [0.5, 0.6) is 5.75 Å². The van der Waals surface area contributed by atoms with Crippen LogP contribution in [-0.4, -0.2) is 17.1 Å². The lowest BCUT2D eigenvalue weighted by Gasteiger charge is -2.09. The number of nitrogens with two attached hydrogens (primary N) is 1. The van der Waals surface area contributed by atoms with E-state index in [1.807, 2.05) is 35.7 Å². The SMILES string of the molecule is COc1ccc(Nc2nc(NN)nc3sccc23)cc1. The van der Waals surface area contributed by atoms with Crippen LogP contribution >= 0.6 is 11.3 Å². The summed E-state index contributed by atoms with van der Waals surface area (Å²) in [5.41, 5.74) is 3.39. The lowest BCUT2D eigenvalue weighted by Crippen LogP contribution is -2.11. The first kappa shape index (κ1) is 12.6. The molecule has 0 saturated carbocycles. The van der Waals surface area contributed by atoms with E-state index < -0.39 is 0 Å². The Bertz CT molecular complexity index is 725. The largest absolute Gasteiger partial charge is 0.497 e. The Morgan fingerprint density at radius 3 is 2.65 bits per heavy atom. The molecule has 0 saturated heterocycles. The number of thiophene rings is 1. The van der Waals surface area contributed by atoms with Gasteiger partial charge < -0.3 is 10.1 Å². The van der Waals surface area contributed by atoms with Gasteiger partial charge in [0.2, 0.25) is 5.95 Å². The highest BCUT2D eigenvalue weighted by Gasteiger charge is 2.08. The van der Waals surface area contributed by atoms with Crippen molar-refractivity contribution in [1.82, 2.24) is 9.97 Å². The first-order valence-electron chi connectivity index (χ1n) is 5.93. The molecule has 0 aliphatic carbocycles. The molecule has 0 amide bonds. The van der Waals surface area contributed by atoms with Gasteiger partial charge in [0.05, 0.1) is 12.5 Å². The van der Waals surface area contributed by atoms with Crippen LogP contribution in [0, 0.1) is 0 Å². The van der Waals surface area contributed by atoms with Crippen molar-refractivity contribution < 1.29 is 4.74 Å². The maximum absolute atomic E-state index is 5.40. The Labute approximate surface area is 119 Å². The van der Waals surface area contributed by atoms with Gasteiger partial charge in [-0.2, -0.15) is 4.98 Å². The average molecular weight is 287 g/mol. The van der Waals surface area contributed by atoms with Gasteiger partial charge in [0.1, 0.15) is 16.4 Å². The molecule has 0 spiro atoms. The average Bonchev–Trinajstić information content (AvgIpc) is 2.96. The minimum absolute atomic E-state index is 0.385. The van der Waals surface area contributed by atoms with Crippen LogP contribution in [0.1, 0.15) is 0 Å². The van der Waals surface area contributed by atoms with Crippen LogP contribution in [-0.2, 0) is 0 Å². The quantitative estimate of drug-likeness (QED) is 0.505. The predicted molar refractivity (Wildman–Crippen MR) is 81.5 cm³/mol. The molecule has 0 aliphatic rings. The number of rotatable bonds is 4. The zero-order valence-electron chi connectivity index (χ0n) is 10.8. The van der Waals surface area contributed by atoms with E-state index in [1.165, 1.54) is 0 Å². The number of aromatic nitrogens is 2. The number of methoxy groups -OCH3 is 1. The summed E-state index contributed by atoms with van der Waals surface area (Å²) in [5, 5.41) is 6.20. The van der Waals surface area contributed by atoms with Crippen LogP contribution in [0.15, 0.2) is 35.7 Å². The van der Waals surface area contributed by atoms with Gasteiger partial charge in [-0.1, -0.05) is 0 Å². The Kier molecular flexibility index (Phi) is 3.36. The summed E-state index contributed by atoms with van der Waals surface area (Å²) in [6.07, 6.45) is 0. The standard InChI is InChI=1S/C13H13N5OS/c1-19-9-4-2-8(3-5-9)15-11-10-6-7-20-12(10)17-13(16-11)18-14/h2-7H,14H2,1H3,(H2,15,16,17,18). The summed E-state index contributed by atoms with van der Waals surface area (Å²) >= 11 is 1.54. The van der Waals surface area contributed by atoms with Crippen molar-refractivity contribution in [3.05, 3.63) is 35.7 Å². The van der Waals surface area contributed by atoms with Crippen LogP contribution in [0.4, 0.5) is 17.5 Å². The van der Waals surface area contributed by atoms with Gasteiger partial charge in [0.15, 0.2) is 0 Å². The zero-order chi connectivity index (χ0) is 13.9. The molecule has 20 heavy (non-hydrogen) atoms. The first-order valence-corrected chi connectivity index (χ1v) is 6.81. The molecule has 7 heteroatoms. The lowest BCUT2D eigenvalue weighted by atomic mass is 10.3. The van der Waals surface area contributed by atoms with E-state index in [4.69, 9.17) is 10.6 Å². The maximum Gasteiger partial charge on any atom is 0.240 e. The Morgan fingerprint density at radius 2 is 1.95 bits per heavy atom. The molecule has 6 nitrogen and oxygen atoms in total. The molecule has 102 valence electrons. The summed E-state index contributed by atoms with van der Waals surface area (Å²) in [6, 6.07) is 9.60. The second kappa shape index (κ2) is 5.32. The molecular formula is C13H13N5OS. The van der Waals surface area contributed by atoms with Crippen molar-refractivity contribution in [2.45, 2.75) is 0 Å². The van der Waals surface area contributed by atoms with Gasteiger partial charge in [0, 0.05) is 5.69 Å². The number of nitrogens with one attached hydrogen (secondary N) is 2. The normalized spacial score (nSPS) is 10.5. The minimum atomic E-state index is 0.385. The molecule has 3 rings (SSSR count). The van der Waals surface area contributed by atoms with Crippen molar-refractivity contribution in [3.63, 3.8) is 0 Å². The first-order chi connectivity index (χ1) is 9.80. The molecule has 2 heterocycles. The number of hydrogen-bond donors (Lipinski definition) is 3. The molecule has 2 aromatic heterocycles. The van der Waals surface area contributed by atoms with Crippen LogP contribution in [0.2, 0.25) is 0 Å². The van der Waals surface area contributed by atoms with E-state index in [9.17, 15) is 0 Å². The van der Waals surface area contributed by atoms with Gasteiger partial charge in [0.25, 0.3) is 0 Å². The number of hydrogen-bond acceptors (Lipinski definition) is 7. The Balaban J connectivity index is 1.98. The van der Waals surface area contributed by atoms with Crippen LogP contribution in [0.3, 0.4) is 0 Å². The predicted octanol–water partition coefficient (Wildman–Crippen LogP) is 2.73. The fraction of sp³-hybridized carbons (Fsp3) is 0.0769. The van der Waals surface area contributed by atoms with E-state index in [0.29, 0.717) is 5.95 Å². The molecule has 1 aromatic carbocycles. The second-order valence-electron chi connectivity index (χ2n) is 4.03. The smallest absolute Gasteiger partial charge is 0.240 e. The third kappa shape index (κ3) is 2.36. The number of fused-ring (bicyclic) bond motifs is 1. The number of nitrogen functional groups attached to an aromatic ring is 1. The number of benzene rings is 1. The minimum Gasteiger partial charge on any atom is -0.497 e. The number of nitrogens with zero attached hydrogens (tertiary/aromatic N) is 2. The van der Waals surface area contributed by atoms with E-state index in [-0.39, 0.29) is 0 Å². The highest BCUT2D eigenvalue weighted by atomic mass is 32.1. The summed E-state index contributed by atoms with van der Waals surface area (Å²) in [5.74, 6) is 7.31. The fourth-order valence-corrected chi connectivity index (χ4v) is 2.59. The van der Waals surface area contributed by atoms with Crippen molar-refractivity contribution in [3.8, 4) is 5.75 Å².